The van der Waals surface area contributed by atoms with Crippen LogP contribution in [0, 0.1) is 20.8 Å². The van der Waals surface area contributed by atoms with E-state index in [1.54, 1.807) is 0 Å². The van der Waals surface area contributed by atoms with Crippen LogP contribution in [0.4, 0.5) is 0 Å². The van der Waals surface area contributed by atoms with Crippen molar-refractivity contribution in [2.45, 2.75) is 20.8 Å². The molecule has 0 spiro atoms. The first kappa shape index (κ1) is 17.4. The van der Waals surface area contributed by atoms with E-state index in [0.717, 1.165) is 0 Å². The Morgan fingerprint density at radius 2 is 0.792 bits per heavy atom. The Kier molecular flexibility index (Phi) is 4.45. The van der Waals surface area contributed by atoms with Gasteiger partial charge in [0.2, 0.25) is 0 Å². The molecular formula is C22H24BrP. The Morgan fingerprint density at radius 3 is 1.04 bits per heavy atom. The molecule has 0 unspecified atom stereocenters. The van der Waals surface area contributed by atoms with Crippen LogP contribution in [0.2, 0.25) is 0 Å². The molecule has 0 atom stereocenters. The fourth-order valence-electron chi connectivity index (χ4n) is 3.87. The summed E-state index contributed by atoms with van der Waals surface area (Å²) >= 11 is 4.40. The zero-order valence-electron chi connectivity index (χ0n) is 14.8. The zero-order valence-corrected chi connectivity index (χ0v) is 17.2. The topological polar surface area (TPSA) is 0 Å². The SMILES string of the molecule is Cc1ccccc1P(C)(Br)(c1ccccc1C)c1ccccc1C. The molecule has 0 aromatic heterocycles. The van der Waals surface area contributed by atoms with Crippen LogP contribution in [0.15, 0.2) is 72.8 Å². The van der Waals surface area contributed by atoms with Gasteiger partial charge in [0, 0.05) is 0 Å². The molecule has 0 N–H and O–H groups in total. The van der Waals surface area contributed by atoms with Crippen LogP contribution in [-0.4, -0.2) is 6.66 Å². The van der Waals surface area contributed by atoms with Crippen molar-refractivity contribution in [3.8, 4) is 0 Å². The molecule has 0 radical (unpaired) electrons. The Balaban J connectivity index is 2.50. The number of halogens is 1. The molecule has 3 rings (SSSR count). The molecule has 3 aromatic rings. The van der Waals surface area contributed by atoms with Crippen LogP contribution in [0.5, 0.6) is 0 Å². The Hall–Kier alpha value is -1.43. The van der Waals surface area contributed by atoms with Gasteiger partial charge in [-0.05, 0) is 0 Å². The fourth-order valence-corrected chi connectivity index (χ4v) is 12.3. The van der Waals surface area contributed by atoms with Gasteiger partial charge in [-0.1, -0.05) is 0 Å². The van der Waals surface area contributed by atoms with Crippen molar-refractivity contribution in [2.75, 3.05) is 6.66 Å². The van der Waals surface area contributed by atoms with E-state index in [1.807, 2.05) is 0 Å². The van der Waals surface area contributed by atoms with Gasteiger partial charge in [0.1, 0.15) is 0 Å². The van der Waals surface area contributed by atoms with Crippen LogP contribution >= 0.6 is 20.8 Å². The van der Waals surface area contributed by atoms with Crippen LogP contribution in [0.1, 0.15) is 16.7 Å². The molecule has 0 aliphatic rings. The minimum absolute atomic E-state index is 1.33. The molecule has 0 nitrogen and oxygen atoms in total. The monoisotopic (exact) mass is 398 g/mol. The van der Waals surface area contributed by atoms with Gasteiger partial charge in [0.05, 0.1) is 0 Å². The van der Waals surface area contributed by atoms with Crippen LogP contribution < -0.4 is 15.9 Å². The summed E-state index contributed by atoms with van der Waals surface area (Å²) in [7, 11) is 0. The van der Waals surface area contributed by atoms with Gasteiger partial charge in [0.15, 0.2) is 0 Å². The van der Waals surface area contributed by atoms with Crippen molar-refractivity contribution in [3.05, 3.63) is 89.5 Å². The molecule has 0 fully saturated rings. The Bertz CT molecular complexity index is 778. The van der Waals surface area contributed by atoms with Gasteiger partial charge >= 0.3 is 154 Å². The van der Waals surface area contributed by atoms with Gasteiger partial charge < -0.3 is 0 Å². The number of benzene rings is 3. The summed E-state index contributed by atoms with van der Waals surface area (Å²) in [6.07, 6.45) is 0. The summed E-state index contributed by atoms with van der Waals surface area (Å²) in [5.41, 5.74) is 4.00. The summed E-state index contributed by atoms with van der Waals surface area (Å²) in [5.74, 6) is 0. The second kappa shape index (κ2) is 6.14. The molecule has 0 heterocycles. The molecule has 0 aliphatic heterocycles. The first-order chi connectivity index (χ1) is 11.4. The maximum atomic E-state index is 4.40. The van der Waals surface area contributed by atoms with Gasteiger partial charge in [-0.2, -0.15) is 0 Å². The van der Waals surface area contributed by atoms with E-state index in [9.17, 15) is 0 Å². The van der Waals surface area contributed by atoms with Crippen molar-refractivity contribution in [2.24, 2.45) is 0 Å². The molecule has 0 aliphatic carbocycles. The third-order valence-electron chi connectivity index (χ3n) is 5.06. The summed E-state index contributed by atoms with van der Waals surface area (Å²) in [6, 6.07) is 26.4. The molecule has 0 saturated heterocycles. The summed E-state index contributed by atoms with van der Waals surface area (Å²) in [6.45, 7) is 9.09. The Labute approximate surface area is 153 Å². The van der Waals surface area contributed by atoms with Crippen molar-refractivity contribution in [1.29, 1.82) is 0 Å². The van der Waals surface area contributed by atoms with Gasteiger partial charge in [-0.15, -0.1) is 0 Å². The zero-order chi connectivity index (χ0) is 17.4. The van der Waals surface area contributed by atoms with E-state index < -0.39 is 5.31 Å². The number of rotatable bonds is 3. The second-order valence-electron chi connectivity index (χ2n) is 6.79. The average Bonchev–Trinajstić information content (AvgIpc) is 2.56. The van der Waals surface area contributed by atoms with Gasteiger partial charge in [-0.3, -0.25) is 0 Å². The van der Waals surface area contributed by atoms with E-state index >= 15 is 0 Å². The average molecular weight is 399 g/mol. The molecule has 0 amide bonds. The predicted octanol–water partition coefficient (Wildman–Crippen LogP) is 5.38. The Morgan fingerprint density at radius 1 is 0.542 bits per heavy atom. The molecule has 0 bridgehead atoms. The van der Waals surface area contributed by atoms with Gasteiger partial charge in [0.25, 0.3) is 0 Å². The van der Waals surface area contributed by atoms with Crippen molar-refractivity contribution in [3.63, 3.8) is 0 Å². The molecular weight excluding hydrogens is 375 g/mol. The molecule has 3 aromatic carbocycles. The van der Waals surface area contributed by atoms with E-state index in [0.29, 0.717) is 0 Å². The molecule has 124 valence electrons. The summed E-state index contributed by atoms with van der Waals surface area (Å²) < 4.78 is 0. The minimum atomic E-state index is -2.71. The third kappa shape index (κ3) is 2.55. The quantitative estimate of drug-likeness (QED) is 0.519. The molecule has 2 heteroatoms. The fraction of sp³-hybridized carbons (Fsp3) is 0.182. The summed E-state index contributed by atoms with van der Waals surface area (Å²) in [5, 5.41) is 1.52. The van der Waals surface area contributed by atoms with E-state index in [4.69, 9.17) is 0 Å². The molecule has 0 saturated carbocycles. The van der Waals surface area contributed by atoms with Crippen LogP contribution in [-0.2, 0) is 0 Å². The van der Waals surface area contributed by atoms with Crippen LogP contribution in [0.25, 0.3) is 0 Å². The summed E-state index contributed by atoms with van der Waals surface area (Å²) in [4.78, 5) is 0. The van der Waals surface area contributed by atoms with E-state index in [1.165, 1.54) is 32.6 Å². The van der Waals surface area contributed by atoms with E-state index in [2.05, 4.69) is 116 Å². The third-order valence-corrected chi connectivity index (χ3v) is 13.4. The first-order valence-electron chi connectivity index (χ1n) is 8.27. The maximum absolute atomic E-state index is 4.40. The van der Waals surface area contributed by atoms with E-state index in [-0.39, 0.29) is 0 Å². The van der Waals surface area contributed by atoms with Crippen molar-refractivity contribution < 1.29 is 0 Å². The van der Waals surface area contributed by atoms with Crippen molar-refractivity contribution >= 4 is 36.7 Å². The van der Waals surface area contributed by atoms with Crippen molar-refractivity contribution in [1.82, 2.24) is 0 Å². The first-order valence-corrected chi connectivity index (χ1v) is 13.0. The second-order valence-corrected chi connectivity index (χ2v) is 16.4. The van der Waals surface area contributed by atoms with Gasteiger partial charge in [-0.25, -0.2) is 0 Å². The standard InChI is InChI=1S/C22H24BrP/c1-17-11-5-8-14-20(17)24(4,23,21-15-9-6-12-18(21)2)22-16-10-7-13-19(22)3/h5-16H,1-4H3. The molecule has 24 heavy (non-hydrogen) atoms. The number of hydrogen-bond donors (Lipinski definition) is 0. The number of aryl methyl sites for hydroxylation is 3. The normalized spacial score (nSPS) is 13.3. The predicted molar refractivity (Wildman–Crippen MR) is 114 cm³/mol. The van der Waals surface area contributed by atoms with Crippen LogP contribution in [0.3, 0.4) is 0 Å². The number of hydrogen-bond acceptors (Lipinski definition) is 0.